The van der Waals surface area contributed by atoms with Crippen LogP contribution in [0.3, 0.4) is 0 Å². The fourth-order valence-corrected chi connectivity index (χ4v) is 4.53. The number of carbonyl (C=O) groups is 1. The molecule has 3 aromatic rings. The molecule has 0 aliphatic rings. The maximum Gasteiger partial charge on any atom is 0.263 e. The van der Waals surface area contributed by atoms with E-state index in [2.05, 4.69) is 16.9 Å². The molecule has 0 aliphatic heterocycles. The maximum absolute atomic E-state index is 12.7. The van der Waals surface area contributed by atoms with Crippen LogP contribution in [0.2, 0.25) is 10.0 Å². The SMILES string of the molecule is C=CCn1c(SC(C)C(=O)Nc2ccc(Cl)cc2Cl)nc2sccc2c1=O. The van der Waals surface area contributed by atoms with Crippen molar-refractivity contribution >= 4 is 68.1 Å². The Hall–Kier alpha value is -1.80. The van der Waals surface area contributed by atoms with Crippen LogP contribution in [0.4, 0.5) is 5.69 Å². The summed E-state index contributed by atoms with van der Waals surface area (Å²) in [4.78, 5) is 30.4. The summed E-state index contributed by atoms with van der Waals surface area (Å²) in [5, 5.41) is 5.98. The van der Waals surface area contributed by atoms with E-state index in [9.17, 15) is 9.59 Å². The molecule has 2 heterocycles. The average molecular weight is 440 g/mol. The van der Waals surface area contributed by atoms with Crippen molar-refractivity contribution in [2.75, 3.05) is 5.32 Å². The van der Waals surface area contributed by atoms with Gasteiger partial charge in [-0.3, -0.25) is 14.2 Å². The van der Waals surface area contributed by atoms with E-state index in [1.165, 1.54) is 27.7 Å². The van der Waals surface area contributed by atoms with E-state index < -0.39 is 5.25 Å². The zero-order valence-corrected chi connectivity index (χ0v) is 17.4. The summed E-state index contributed by atoms with van der Waals surface area (Å²) < 4.78 is 1.52. The Bertz CT molecular complexity index is 1080. The van der Waals surface area contributed by atoms with Crippen molar-refractivity contribution in [3.63, 3.8) is 0 Å². The molecule has 0 aliphatic carbocycles. The highest BCUT2D eigenvalue weighted by atomic mass is 35.5. The number of hydrogen-bond donors (Lipinski definition) is 1. The van der Waals surface area contributed by atoms with Crippen molar-refractivity contribution in [2.45, 2.75) is 23.9 Å². The Morgan fingerprint density at radius 3 is 2.93 bits per heavy atom. The van der Waals surface area contributed by atoms with Gasteiger partial charge in [0.15, 0.2) is 5.16 Å². The number of thiophene rings is 1. The highest BCUT2D eigenvalue weighted by Gasteiger charge is 2.20. The van der Waals surface area contributed by atoms with Crippen molar-refractivity contribution in [1.29, 1.82) is 0 Å². The molecular formula is C18H15Cl2N3O2S2. The Morgan fingerprint density at radius 2 is 2.22 bits per heavy atom. The molecule has 1 N–H and O–H groups in total. The molecule has 0 spiro atoms. The van der Waals surface area contributed by atoms with Gasteiger partial charge in [-0.15, -0.1) is 17.9 Å². The average Bonchev–Trinajstić information content (AvgIpc) is 3.09. The zero-order valence-electron chi connectivity index (χ0n) is 14.2. The van der Waals surface area contributed by atoms with Crippen LogP contribution < -0.4 is 10.9 Å². The first-order valence-corrected chi connectivity index (χ1v) is 10.4. The lowest BCUT2D eigenvalue weighted by molar-refractivity contribution is -0.115. The second-order valence-electron chi connectivity index (χ2n) is 5.61. The number of rotatable bonds is 6. The summed E-state index contributed by atoms with van der Waals surface area (Å²) >= 11 is 14.6. The minimum Gasteiger partial charge on any atom is -0.324 e. The number of anilines is 1. The van der Waals surface area contributed by atoms with Crippen molar-refractivity contribution in [1.82, 2.24) is 9.55 Å². The van der Waals surface area contributed by atoms with Gasteiger partial charge in [0.1, 0.15) is 4.83 Å². The standard InChI is InChI=1S/C18H15Cl2N3O2S2/c1-3-7-23-17(25)12-6-8-26-16(12)22-18(23)27-10(2)15(24)21-14-5-4-11(19)9-13(14)20/h3-6,8-10H,1,7H2,2H3,(H,21,24). The Balaban J connectivity index is 1.85. The number of carbonyl (C=O) groups excluding carboxylic acids is 1. The third-order valence-corrected chi connectivity index (χ3v) is 6.15. The lowest BCUT2D eigenvalue weighted by atomic mass is 10.3. The molecule has 27 heavy (non-hydrogen) atoms. The topological polar surface area (TPSA) is 64.0 Å². The minimum absolute atomic E-state index is 0.142. The van der Waals surface area contributed by atoms with Gasteiger partial charge in [0.05, 0.1) is 21.3 Å². The minimum atomic E-state index is -0.503. The van der Waals surface area contributed by atoms with E-state index in [0.29, 0.717) is 37.7 Å². The van der Waals surface area contributed by atoms with Gasteiger partial charge in [0, 0.05) is 11.6 Å². The normalized spacial score (nSPS) is 12.1. The summed E-state index contributed by atoms with van der Waals surface area (Å²) in [5.41, 5.74) is 0.334. The van der Waals surface area contributed by atoms with E-state index in [-0.39, 0.29) is 11.5 Å². The van der Waals surface area contributed by atoms with Crippen LogP contribution in [0.15, 0.2) is 52.3 Å². The van der Waals surface area contributed by atoms with E-state index >= 15 is 0 Å². The van der Waals surface area contributed by atoms with Gasteiger partial charge in [-0.05, 0) is 36.6 Å². The molecule has 1 atom stereocenters. The van der Waals surface area contributed by atoms with Crippen LogP contribution in [0.5, 0.6) is 0 Å². The van der Waals surface area contributed by atoms with Crippen molar-refractivity contribution in [3.05, 3.63) is 62.7 Å². The number of nitrogens with zero attached hydrogens (tertiary/aromatic N) is 2. The molecule has 0 bridgehead atoms. The van der Waals surface area contributed by atoms with E-state index in [4.69, 9.17) is 23.2 Å². The number of allylic oxidation sites excluding steroid dienone is 1. The number of benzene rings is 1. The van der Waals surface area contributed by atoms with Crippen LogP contribution >= 0.6 is 46.3 Å². The van der Waals surface area contributed by atoms with Crippen LogP contribution in [0, 0.1) is 0 Å². The number of halogens is 2. The Morgan fingerprint density at radius 1 is 1.44 bits per heavy atom. The third-order valence-electron chi connectivity index (χ3n) is 3.70. The molecular weight excluding hydrogens is 425 g/mol. The summed E-state index contributed by atoms with van der Waals surface area (Å²) in [6.45, 7) is 5.75. The first-order valence-electron chi connectivity index (χ1n) is 7.92. The lowest BCUT2D eigenvalue weighted by Crippen LogP contribution is -2.26. The Labute approximate surface area is 174 Å². The predicted molar refractivity (Wildman–Crippen MR) is 114 cm³/mol. The fraction of sp³-hybridized carbons (Fsp3) is 0.167. The molecule has 2 aromatic heterocycles. The smallest absolute Gasteiger partial charge is 0.263 e. The van der Waals surface area contributed by atoms with Gasteiger partial charge < -0.3 is 5.32 Å². The van der Waals surface area contributed by atoms with Crippen LogP contribution in [0.25, 0.3) is 10.2 Å². The number of amides is 1. The molecule has 3 rings (SSSR count). The lowest BCUT2D eigenvalue weighted by Gasteiger charge is -2.15. The second kappa shape index (κ2) is 8.48. The molecule has 0 saturated heterocycles. The van der Waals surface area contributed by atoms with Crippen molar-refractivity contribution < 1.29 is 4.79 Å². The number of aromatic nitrogens is 2. The highest BCUT2D eigenvalue weighted by Crippen LogP contribution is 2.28. The van der Waals surface area contributed by atoms with Crippen LogP contribution in [-0.4, -0.2) is 20.7 Å². The molecule has 1 unspecified atom stereocenters. The zero-order chi connectivity index (χ0) is 19.6. The number of hydrogen-bond acceptors (Lipinski definition) is 5. The van der Waals surface area contributed by atoms with E-state index in [0.717, 1.165) is 0 Å². The molecule has 1 amide bonds. The molecule has 5 nitrogen and oxygen atoms in total. The van der Waals surface area contributed by atoms with Gasteiger partial charge >= 0.3 is 0 Å². The third kappa shape index (κ3) is 4.38. The van der Waals surface area contributed by atoms with Gasteiger partial charge in [0.2, 0.25) is 5.91 Å². The summed E-state index contributed by atoms with van der Waals surface area (Å²) in [6, 6.07) is 6.60. The quantitative estimate of drug-likeness (QED) is 0.330. The van der Waals surface area contributed by atoms with Crippen LogP contribution in [-0.2, 0) is 11.3 Å². The first kappa shape index (κ1) is 19.9. The molecule has 0 radical (unpaired) electrons. The van der Waals surface area contributed by atoms with E-state index in [1.807, 2.05) is 5.38 Å². The van der Waals surface area contributed by atoms with Crippen molar-refractivity contribution in [2.24, 2.45) is 0 Å². The molecule has 0 saturated carbocycles. The number of fused-ring (bicyclic) bond motifs is 1. The molecule has 0 fully saturated rings. The molecule has 1 aromatic carbocycles. The summed E-state index contributed by atoms with van der Waals surface area (Å²) in [5.74, 6) is -0.255. The van der Waals surface area contributed by atoms with Gasteiger partial charge in [-0.1, -0.05) is 41.0 Å². The first-order chi connectivity index (χ1) is 12.9. The van der Waals surface area contributed by atoms with E-state index in [1.54, 1.807) is 37.3 Å². The van der Waals surface area contributed by atoms with Gasteiger partial charge in [-0.2, -0.15) is 0 Å². The maximum atomic E-state index is 12.7. The summed E-state index contributed by atoms with van der Waals surface area (Å²) in [6.07, 6.45) is 1.63. The van der Waals surface area contributed by atoms with Crippen LogP contribution in [0.1, 0.15) is 6.92 Å². The summed E-state index contributed by atoms with van der Waals surface area (Å²) in [7, 11) is 0. The predicted octanol–water partition coefficient (Wildman–Crippen LogP) is 5.07. The number of nitrogens with one attached hydrogen (secondary N) is 1. The van der Waals surface area contributed by atoms with Gasteiger partial charge in [0.25, 0.3) is 5.56 Å². The molecule has 9 heteroatoms. The highest BCUT2D eigenvalue weighted by molar-refractivity contribution is 8.00. The van der Waals surface area contributed by atoms with Gasteiger partial charge in [-0.25, -0.2) is 4.98 Å². The largest absolute Gasteiger partial charge is 0.324 e. The Kier molecular flexibility index (Phi) is 6.26. The fourth-order valence-electron chi connectivity index (χ4n) is 2.35. The van der Waals surface area contributed by atoms with Crippen molar-refractivity contribution in [3.8, 4) is 0 Å². The number of thioether (sulfide) groups is 1. The molecule has 140 valence electrons. The monoisotopic (exact) mass is 439 g/mol. The second-order valence-corrected chi connectivity index (χ2v) is 8.66.